The molecule has 0 spiro atoms. The Morgan fingerprint density at radius 3 is 2.25 bits per heavy atom. The van der Waals surface area contributed by atoms with Gasteiger partial charge in [0, 0.05) is 5.39 Å². The zero-order valence-electron chi connectivity index (χ0n) is 13.0. The largest absolute Gasteiger partial charge is 0.497 e. The number of carboxylic acid groups (broad SMARTS) is 1. The van der Waals surface area contributed by atoms with Crippen LogP contribution in [0.1, 0.15) is 10.4 Å². The Morgan fingerprint density at radius 1 is 1.04 bits per heavy atom. The van der Waals surface area contributed by atoms with Crippen molar-refractivity contribution in [2.75, 3.05) is 14.2 Å². The van der Waals surface area contributed by atoms with Crippen LogP contribution < -0.4 is 15.0 Å². The molecule has 7 heteroatoms. The smallest absolute Gasteiger partial charge is 0.342 e. The highest BCUT2D eigenvalue weighted by atomic mass is 16.5. The van der Waals surface area contributed by atoms with Gasteiger partial charge in [-0.15, -0.1) is 0 Å². The summed E-state index contributed by atoms with van der Waals surface area (Å²) in [5.41, 5.74) is -0.243. The summed E-state index contributed by atoms with van der Waals surface area (Å²) in [6.45, 7) is 0. The molecule has 1 heterocycles. The van der Waals surface area contributed by atoms with Crippen LogP contribution in [0.2, 0.25) is 0 Å². The van der Waals surface area contributed by atoms with Gasteiger partial charge in [0.25, 0.3) is 5.56 Å². The van der Waals surface area contributed by atoms with Crippen molar-refractivity contribution in [2.45, 2.75) is 0 Å². The number of ether oxygens (including phenoxy) is 2. The van der Waals surface area contributed by atoms with Gasteiger partial charge in [0.1, 0.15) is 17.1 Å². The Balaban J connectivity index is 2.31. The number of fused-ring (bicyclic) bond motifs is 1. The first-order valence-electron chi connectivity index (χ1n) is 7.04. The van der Waals surface area contributed by atoms with Gasteiger partial charge in [0.05, 0.1) is 25.4 Å². The summed E-state index contributed by atoms with van der Waals surface area (Å²) in [6, 6.07) is 11.4. The van der Waals surface area contributed by atoms with Crippen LogP contribution in [0.4, 0.5) is 0 Å². The quantitative estimate of drug-likeness (QED) is 0.789. The van der Waals surface area contributed by atoms with Crippen LogP contribution >= 0.6 is 0 Å². The van der Waals surface area contributed by atoms with E-state index in [4.69, 9.17) is 9.47 Å². The van der Waals surface area contributed by atoms with E-state index >= 15 is 0 Å². The average molecular weight is 326 g/mol. The van der Waals surface area contributed by atoms with E-state index in [1.807, 2.05) is 0 Å². The maximum absolute atomic E-state index is 12.6. The molecule has 122 valence electrons. The van der Waals surface area contributed by atoms with Crippen LogP contribution in [-0.4, -0.2) is 35.1 Å². The Morgan fingerprint density at radius 2 is 1.67 bits per heavy atom. The van der Waals surface area contributed by atoms with Gasteiger partial charge in [-0.05, 0) is 42.5 Å². The number of hydrogen-bond donors (Lipinski definition) is 1. The Labute approximate surface area is 136 Å². The van der Waals surface area contributed by atoms with E-state index < -0.39 is 11.5 Å². The van der Waals surface area contributed by atoms with E-state index in [9.17, 15) is 14.7 Å². The van der Waals surface area contributed by atoms with E-state index in [1.165, 1.54) is 20.3 Å². The molecule has 0 saturated carbocycles. The second-order valence-electron chi connectivity index (χ2n) is 4.98. The number of rotatable bonds is 4. The maximum Gasteiger partial charge on any atom is 0.342 e. The van der Waals surface area contributed by atoms with Crippen LogP contribution in [-0.2, 0) is 0 Å². The van der Waals surface area contributed by atoms with Crippen molar-refractivity contribution < 1.29 is 19.4 Å². The van der Waals surface area contributed by atoms with Gasteiger partial charge in [0.15, 0.2) is 0 Å². The van der Waals surface area contributed by atoms with Gasteiger partial charge in [0.2, 0.25) is 0 Å². The summed E-state index contributed by atoms with van der Waals surface area (Å²) >= 11 is 0. The number of carboxylic acids is 1. The first-order valence-corrected chi connectivity index (χ1v) is 7.04. The molecule has 0 aliphatic rings. The third-order valence-electron chi connectivity index (χ3n) is 3.62. The van der Waals surface area contributed by atoms with Crippen LogP contribution in [0.15, 0.2) is 47.3 Å². The molecule has 0 amide bonds. The topological polar surface area (TPSA) is 90.7 Å². The first-order chi connectivity index (χ1) is 11.5. The monoisotopic (exact) mass is 326 g/mol. The van der Waals surface area contributed by atoms with Crippen LogP contribution in [0.25, 0.3) is 16.6 Å². The van der Waals surface area contributed by atoms with Gasteiger partial charge in [-0.1, -0.05) is 0 Å². The lowest BCUT2D eigenvalue weighted by atomic mass is 10.1. The molecule has 3 rings (SSSR count). The summed E-state index contributed by atoms with van der Waals surface area (Å²) < 4.78 is 11.2. The number of hydrogen-bond acceptors (Lipinski definition) is 5. The molecule has 0 atom stereocenters. The van der Waals surface area contributed by atoms with E-state index in [1.54, 1.807) is 36.4 Å². The molecule has 0 unspecified atom stereocenters. The van der Waals surface area contributed by atoms with Gasteiger partial charge < -0.3 is 14.6 Å². The van der Waals surface area contributed by atoms with E-state index in [-0.39, 0.29) is 10.9 Å². The normalized spacial score (nSPS) is 10.6. The molecule has 0 bridgehead atoms. The predicted octanol–water partition coefficient (Wildman–Crippen LogP) is 2.10. The standard InChI is InChI=1S/C17H14N2O5/c1-23-11-5-3-10(4-6-11)19-16(20)15(17(21)22)13-9-12(24-2)7-8-14(13)18-19/h3-9H,1-2H3,(H,21,22). The number of nitrogens with zero attached hydrogens (tertiary/aromatic N) is 2. The van der Waals surface area contributed by atoms with Gasteiger partial charge in [-0.25, -0.2) is 4.79 Å². The van der Waals surface area contributed by atoms with Crippen LogP contribution in [0.3, 0.4) is 0 Å². The van der Waals surface area contributed by atoms with E-state index in [0.29, 0.717) is 22.7 Å². The molecule has 0 saturated heterocycles. The van der Waals surface area contributed by atoms with Crippen molar-refractivity contribution in [3.8, 4) is 17.2 Å². The molecule has 0 aliphatic heterocycles. The molecule has 1 N–H and O–H groups in total. The second-order valence-corrected chi connectivity index (χ2v) is 4.98. The minimum atomic E-state index is -1.32. The van der Waals surface area contributed by atoms with Crippen molar-refractivity contribution in [1.82, 2.24) is 9.78 Å². The molecular weight excluding hydrogens is 312 g/mol. The fraction of sp³-hybridized carbons (Fsp3) is 0.118. The van der Waals surface area contributed by atoms with Crippen molar-refractivity contribution in [3.05, 3.63) is 58.4 Å². The lowest BCUT2D eigenvalue weighted by molar-refractivity contribution is 0.0696. The molecular formula is C17H14N2O5. The Kier molecular flexibility index (Phi) is 3.91. The molecule has 2 aromatic carbocycles. The number of aromatic carboxylic acids is 1. The minimum absolute atomic E-state index is 0.233. The summed E-state index contributed by atoms with van der Waals surface area (Å²) in [7, 11) is 3.00. The Hall–Kier alpha value is -3.35. The Bertz CT molecular complexity index is 977. The number of benzene rings is 2. The number of carbonyl (C=O) groups is 1. The molecule has 3 aromatic rings. The average Bonchev–Trinajstić information content (AvgIpc) is 2.60. The van der Waals surface area contributed by atoms with Gasteiger partial charge in [-0.2, -0.15) is 9.78 Å². The van der Waals surface area contributed by atoms with E-state index in [0.717, 1.165) is 4.68 Å². The highest BCUT2D eigenvalue weighted by molar-refractivity contribution is 6.02. The van der Waals surface area contributed by atoms with Crippen LogP contribution in [0, 0.1) is 0 Å². The fourth-order valence-electron chi connectivity index (χ4n) is 2.41. The van der Waals surface area contributed by atoms with Crippen LogP contribution in [0.5, 0.6) is 11.5 Å². The fourth-order valence-corrected chi connectivity index (χ4v) is 2.41. The first kappa shape index (κ1) is 15.5. The van der Waals surface area contributed by atoms with Gasteiger partial charge in [-0.3, -0.25) is 4.79 Å². The van der Waals surface area contributed by atoms with Crippen molar-refractivity contribution >= 4 is 16.9 Å². The summed E-state index contributed by atoms with van der Waals surface area (Å²) in [5.74, 6) is -0.243. The van der Waals surface area contributed by atoms with E-state index in [2.05, 4.69) is 5.10 Å². The molecule has 24 heavy (non-hydrogen) atoms. The minimum Gasteiger partial charge on any atom is -0.497 e. The molecule has 0 aliphatic carbocycles. The zero-order chi connectivity index (χ0) is 17.3. The summed E-state index contributed by atoms with van der Waals surface area (Å²) in [4.78, 5) is 24.2. The molecule has 7 nitrogen and oxygen atoms in total. The molecule has 0 fully saturated rings. The molecule has 0 radical (unpaired) electrons. The number of aromatic nitrogens is 2. The lowest BCUT2D eigenvalue weighted by Gasteiger charge is -2.10. The highest BCUT2D eigenvalue weighted by Crippen LogP contribution is 2.22. The van der Waals surface area contributed by atoms with Crippen molar-refractivity contribution in [3.63, 3.8) is 0 Å². The summed E-state index contributed by atoms with van der Waals surface area (Å²) in [6.07, 6.45) is 0. The van der Waals surface area contributed by atoms with Gasteiger partial charge >= 0.3 is 5.97 Å². The van der Waals surface area contributed by atoms with Crippen molar-refractivity contribution in [1.29, 1.82) is 0 Å². The lowest BCUT2D eigenvalue weighted by Crippen LogP contribution is -2.27. The highest BCUT2D eigenvalue weighted by Gasteiger charge is 2.19. The zero-order valence-corrected chi connectivity index (χ0v) is 13.0. The number of methoxy groups -OCH3 is 2. The second kappa shape index (κ2) is 6.04. The predicted molar refractivity (Wildman–Crippen MR) is 87.4 cm³/mol. The SMILES string of the molecule is COc1ccc(-n2nc3ccc(OC)cc3c(C(=O)O)c2=O)cc1. The van der Waals surface area contributed by atoms with Crippen molar-refractivity contribution in [2.24, 2.45) is 0 Å². The third-order valence-corrected chi connectivity index (χ3v) is 3.62. The third kappa shape index (κ3) is 2.56. The maximum atomic E-state index is 12.6. The molecule has 1 aromatic heterocycles. The summed E-state index contributed by atoms with van der Waals surface area (Å²) in [5, 5.41) is 14.0.